The fourth-order valence-corrected chi connectivity index (χ4v) is 2.68. The maximum absolute atomic E-state index is 12.3. The zero-order valence-corrected chi connectivity index (χ0v) is 16.9. The lowest BCUT2D eigenvalue weighted by Gasteiger charge is -2.12. The van der Waals surface area contributed by atoms with Crippen molar-refractivity contribution in [1.82, 2.24) is 0 Å². The van der Waals surface area contributed by atoms with Crippen LogP contribution >= 0.6 is 23.2 Å². The molecule has 0 radical (unpaired) electrons. The minimum Gasteiger partial charge on any atom is -0.490 e. The van der Waals surface area contributed by atoms with Gasteiger partial charge in [-0.25, -0.2) is 0 Å². The highest BCUT2D eigenvalue weighted by molar-refractivity contribution is 6.36. The smallest absolute Gasteiger partial charge is 0.267 e. The Morgan fingerprint density at radius 1 is 1.11 bits per heavy atom. The molecule has 0 spiro atoms. The first-order valence-electron chi connectivity index (χ1n) is 8.51. The van der Waals surface area contributed by atoms with Gasteiger partial charge in [-0.1, -0.05) is 23.2 Å². The average Bonchev–Trinajstić information content (AvgIpc) is 2.67. The molecule has 146 valence electrons. The SMILES string of the molecule is CCOc1ccc(N/C=C(/C#N)C(=O)Nc2ccc(Cl)cc2Cl)cc1OCC. The van der Waals surface area contributed by atoms with Crippen LogP contribution in [0.2, 0.25) is 10.0 Å². The van der Waals surface area contributed by atoms with E-state index in [-0.39, 0.29) is 10.6 Å². The van der Waals surface area contributed by atoms with Gasteiger partial charge < -0.3 is 20.1 Å². The Bertz CT molecular complexity index is 923. The summed E-state index contributed by atoms with van der Waals surface area (Å²) in [4.78, 5) is 12.3. The van der Waals surface area contributed by atoms with E-state index < -0.39 is 5.91 Å². The Hall–Kier alpha value is -2.88. The lowest BCUT2D eigenvalue weighted by Crippen LogP contribution is -2.14. The van der Waals surface area contributed by atoms with Gasteiger partial charge in [0.15, 0.2) is 11.5 Å². The number of hydrogen-bond acceptors (Lipinski definition) is 5. The first-order chi connectivity index (χ1) is 13.5. The van der Waals surface area contributed by atoms with Gasteiger partial charge in [-0.2, -0.15) is 5.26 Å². The third kappa shape index (κ3) is 5.81. The molecule has 0 aliphatic rings. The number of carbonyl (C=O) groups is 1. The monoisotopic (exact) mass is 419 g/mol. The molecular weight excluding hydrogens is 401 g/mol. The predicted molar refractivity (Wildman–Crippen MR) is 111 cm³/mol. The van der Waals surface area contributed by atoms with Crippen molar-refractivity contribution in [3.63, 3.8) is 0 Å². The molecule has 2 rings (SSSR count). The van der Waals surface area contributed by atoms with Crippen LogP contribution in [-0.2, 0) is 4.79 Å². The Morgan fingerprint density at radius 2 is 1.82 bits per heavy atom. The fourth-order valence-electron chi connectivity index (χ4n) is 2.23. The van der Waals surface area contributed by atoms with Crippen LogP contribution in [0.5, 0.6) is 11.5 Å². The largest absolute Gasteiger partial charge is 0.490 e. The lowest BCUT2D eigenvalue weighted by molar-refractivity contribution is -0.112. The molecule has 28 heavy (non-hydrogen) atoms. The van der Waals surface area contributed by atoms with Gasteiger partial charge in [0, 0.05) is 23.0 Å². The molecule has 0 saturated heterocycles. The minimum absolute atomic E-state index is 0.127. The van der Waals surface area contributed by atoms with E-state index in [9.17, 15) is 10.1 Å². The van der Waals surface area contributed by atoms with E-state index in [2.05, 4.69) is 10.6 Å². The molecule has 0 saturated carbocycles. The van der Waals surface area contributed by atoms with E-state index in [0.717, 1.165) is 0 Å². The Morgan fingerprint density at radius 3 is 2.46 bits per heavy atom. The molecule has 0 aromatic heterocycles. The van der Waals surface area contributed by atoms with E-state index >= 15 is 0 Å². The van der Waals surface area contributed by atoms with Crippen molar-refractivity contribution >= 4 is 40.5 Å². The molecule has 0 unspecified atom stereocenters. The van der Waals surface area contributed by atoms with E-state index in [1.54, 1.807) is 30.3 Å². The van der Waals surface area contributed by atoms with E-state index in [1.165, 1.54) is 12.3 Å². The van der Waals surface area contributed by atoms with Gasteiger partial charge in [-0.15, -0.1) is 0 Å². The number of hydrogen-bond donors (Lipinski definition) is 2. The summed E-state index contributed by atoms with van der Waals surface area (Å²) < 4.78 is 11.1. The molecule has 8 heteroatoms. The van der Waals surface area contributed by atoms with Crippen molar-refractivity contribution in [2.45, 2.75) is 13.8 Å². The van der Waals surface area contributed by atoms with Crippen LogP contribution in [0.15, 0.2) is 48.2 Å². The second-order valence-corrected chi connectivity index (χ2v) is 6.26. The second kappa shape index (κ2) is 10.5. The topological polar surface area (TPSA) is 83.4 Å². The summed E-state index contributed by atoms with van der Waals surface area (Å²) in [6, 6.07) is 11.8. The van der Waals surface area contributed by atoms with E-state index in [1.807, 2.05) is 19.9 Å². The zero-order valence-electron chi connectivity index (χ0n) is 15.4. The number of halogens is 2. The highest BCUT2D eigenvalue weighted by atomic mass is 35.5. The highest BCUT2D eigenvalue weighted by Gasteiger charge is 2.12. The molecule has 2 aromatic carbocycles. The number of rotatable bonds is 8. The van der Waals surface area contributed by atoms with Crippen LogP contribution in [0.1, 0.15) is 13.8 Å². The molecule has 0 heterocycles. The lowest BCUT2D eigenvalue weighted by atomic mass is 10.2. The minimum atomic E-state index is -0.602. The molecular formula is C20H19Cl2N3O3. The second-order valence-electron chi connectivity index (χ2n) is 5.42. The molecule has 6 nitrogen and oxygen atoms in total. The molecule has 2 N–H and O–H groups in total. The van der Waals surface area contributed by atoms with Gasteiger partial charge in [0.25, 0.3) is 5.91 Å². The van der Waals surface area contributed by atoms with Crippen LogP contribution in [0.25, 0.3) is 0 Å². The van der Waals surface area contributed by atoms with Gasteiger partial charge in [0.1, 0.15) is 11.6 Å². The van der Waals surface area contributed by atoms with Gasteiger partial charge in [0.05, 0.1) is 23.9 Å². The number of ether oxygens (including phenoxy) is 2. The quantitative estimate of drug-likeness (QED) is 0.450. The number of anilines is 2. The summed E-state index contributed by atoms with van der Waals surface area (Å²) in [6.07, 6.45) is 1.31. The number of nitrogens with one attached hydrogen (secondary N) is 2. The van der Waals surface area contributed by atoms with E-state index in [4.69, 9.17) is 32.7 Å². The van der Waals surface area contributed by atoms with Gasteiger partial charge in [-0.05, 0) is 44.2 Å². The highest BCUT2D eigenvalue weighted by Crippen LogP contribution is 2.31. The van der Waals surface area contributed by atoms with Crippen molar-refractivity contribution in [2.75, 3.05) is 23.8 Å². The fraction of sp³-hybridized carbons (Fsp3) is 0.200. The number of benzene rings is 2. The summed E-state index contributed by atoms with van der Waals surface area (Å²) in [5.41, 5.74) is 0.867. The molecule has 2 aromatic rings. The molecule has 0 atom stereocenters. The first kappa shape index (κ1) is 21.4. The van der Waals surface area contributed by atoms with Crippen molar-refractivity contribution < 1.29 is 14.3 Å². The Kier molecular flexibility index (Phi) is 8.00. The van der Waals surface area contributed by atoms with Crippen molar-refractivity contribution in [2.24, 2.45) is 0 Å². The summed E-state index contributed by atoms with van der Waals surface area (Å²) in [5, 5.41) is 15.5. The van der Waals surface area contributed by atoms with Gasteiger partial charge in [-0.3, -0.25) is 4.79 Å². The average molecular weight is 420 g/mol. The summed E-state index contributed by atoms with van der Waals surface area (Å²) >= 11 is 11.9. The van der Waals surface area contributed by atoms with Crippen LogP contribution in [0.3, 0.4) is 0 Å². The Balaban J connectivity index is 2.15. The Labute approximate surface area is 173 Å². The van der Waals surface area contributed by atoms with Crippen molar-refractivity contribution in [1.29, 1.82) is 5.26 Å². The number of nitriles is 1. The zero-order chi connectivity index (χ0) is 20.5. The predicted octanol–water partition coefficient (Wildman–Crippen LogP) is 5.25. The van der Waals surface area contributed by atoms with Crippen LogP contribution < -0.4 is 20.1 Å². The van der Waals surface area contributed by atoms with Crippen LogP contribution in [0, 0.1) is 11.3 Å². The summed E-state index contributed by atoms with van der Waals surface area (Å²) in [6.45, 7) is 4.75. The van der Waals surface area contributed by atoms with Crippen molar-refractivity contribution in [3.05, 3.63) is 58.2 Å². The van der Waals surface area contributed by atoms with Crippen LogP contribution in [0.4, 0.5) is 11.4 Å². The first-order valence-corrected chi connectivity index (χ1v) is 9.26. The molecule has 0 aliphatic carbocycles. The van der Waals surface area contributed by atoms with E-state index in [0.29, 0.717) is 41.1 Å². The molecule has 0 aliphatic heterocycles. The third-order valence-corrected chi connectivity index (χ3v) is 4.02. The normalized spacial score (nSPS) is 10.8. The summed E-state index contributed by atoms with van der Waals surface area (Å²) in [7, 11) is 0. The standard InChI is InChI=1S/C20H19Cl2N3O3/c1-3-27-18-8-6-15(10-19(18)28-4-2)24-12-13(11-23)20(26)25-17-7-5-14(21)9-16(17)22/h5-10,12,24H,3-4H2,1-2H3,(H,25,26)/b13-12-. The number of carbonyl (C=O) groups excluding carboxylic acids is 1. The molecule has 0 fully saturated rings. The molecule has 0 bridgehead atoms. The van der Waals surface area contributed by atoms with Gasteiger partial charge in [0.2, 0.25) is 0 Å². The molecule has 1 amide bonds. The van der Waals surface area contributed by atoms with Crippen molar-refractivity contribution in [3.8, 4) is 17.6 Å². The number of amides is 1. The maximum atomic E-state index is 12.3. The third-order valence-electron chi connectivity index (χ3n) is 3.47. The van der Waals surface area contributed by atoms with Gasteiger partial charge >= 0.3 is 0 Å². The summed E-state index contributed by atoms with van der Waals surface area (Å²) in [5.74, 6) is 0.586. The van der Waals surface area contributed by atoms with Crippen LogP contribution in [-0.4, -0.2) is 19.1 Å². The maximum Gasteiger partial charge on any atom is 0.267 e. The number of nitrogens with zero attached hydrogens (tertiary/aromatic N) is 1.